The summed E-state index contributed by atoms with van der Waals surface area (Å²) in [6.45, 7) is 0.0529. The first-order chi connectivity index (χ1) is 14.0. The Morgan fingerprint density at radius 2 is 1.72 bits per heavy atom. The van der Waals surface area contributed by atoms with E-state index in [0.29, 0.717) is 28.2 Å². The molecule has 2 heterocycles. The SMILES string of the molecule is COc1cc2nc(Cn3ncc(-c4cc(F)cc(F)c4)n3)[nH]c(=O)c2cc1OC. The number of halogens is 2. The van der Waals surface area contributed by atoms with Crippen LogP contribution in [0.25, 0.3) is 22.2 Å². The highest BCUT2D eigenvalue weighted by Gasteiger charge is 2.13. The average molecular weight is 399 g/mol. The zero-order chi connectivity index (χ0) is 20.5. The number of hydrogen-bond donors (Lipinski definition) is 1. The summed E-state index contributed by atoms with van der Waals surface area (Å²) in [5.74, 6) is -0.251. The van der Waals surface area contributed by atoms with Crippen LogP contribution < -0.4 is 15.0 Å². The van der Waals surface area contributed by atoms with E-state index >= 15 is 0 Å². The van der Waals surface area contributed by atoms with Crippen LogP contribution in [0.3, 0.4) is 0 Å². The Morgan fingerprint density at radius 3 is 2.41 bits per heavy atom. The van der Waals surface area contributed by atoms with Crippen molar-refractivity contribution in [1.29, 1.82) is 0 Å². The van der Waals surface area contributed by atoms with Crippen LogP contribution in [0.2, 0.25) is 0 Å². The molecular formula is C19H15F2N5O3. The highest BCUT2D eigenvalue weighted by atomic mass is 19.1. The minimum Gasteiger partial charge on any atom is -0.493 e. The monoisotopic (exact) mass is 399 g/mol. The number of nitrogens with zero attached hydrogens (tertiary/aromatic N) is 4. The van der Waals surface area contributed by atoms with Crippen LogP contribution in [0.5, 0.6) is 11.5 Å². The van der Waals surface area contributed by atoms with E-state index in [1.165, 1.54) is 25.2 Å². The van der Waals surface area contributed by atoms with E-state index < -0.39 is 11.6 Å². The van der Waals surface area contributed by atoms with Crippen molar-refractivity contribution in [3.05, 3.63) is 64.3 Å². The minimum atomic E-state index is -0.709. The molecule has 0 aliphatic rings. The van der Waals surface area contributed by atoms with Crippen molar-refractivity contribution >= 4 is 10.9 Å². The Hall–Kier alpha value is -3.82. The van der Waals surface area contributed by atoms with Gasteiger partial charge < -0.3 is 14.5 Å². The van der Waals surface area contributed by atoms with Gasteiger partial charge in [-0.1, -0.05) is 0 Å². The van der Waals surface area contributed by atoms with Gasteiger partial charge in [-0.3, -0.25) is 4.79 Å². The molecule has 2 aromatic carbocycles. The predicted molar refractivity (Wildman–Crippen MR) is 99.9 cm³/mol. The van der Waals surface area contributed by atoms with Crippen molar-refractivity contribution in [2.75, 3.05) is 14.2 Å². The Balaban J connectivity index is 1.68. The molecule has 0 amide bonds. The quantitative estimate of drug-likeness (QED) is 0.554. The minimum absolute atomic E-state index is 0.0529. The standard InChI is InChI=1S/C19H15F2N5O3/c1-28-16-6-13-14(7-17(16)29-2)23-18(24-19(13)27)9-26-22-8-15(25-26)10-3-11(20)5-12(21)4-10/h3-8H,9H2,1-2H3,(H,23,24,27). The highest BCUT2D eigenvalue weighted by Crippen LogP contribution is 2.30. The number of aromatic amines is 1. The first-order valence-electron chi connectivity index (χ1n) is 8.48. The summed E-state index contributed by atoms with van der Waals surface area (Å²) in [5.41, 5.74) is 0.606. The summed E-state index contributed by atoms with van der Waals surface area (Å²) in [5, 5.41) is 8.61. The number of aromatic nitrogens is 5. The molecule has 29 heavy (non-hydrogen) atoms. The largest absolute Gasteiger partial charge is 0.493 e. The normalized spacial score (nSPS) is 11.0. The zero-order valence-corrected chi connectivity index (χ0v) is 15.4. The topological polar surface area (TPSA) is 94.9 Å². The summed E-state index contributed by atoms with van der Waals surface area (Å²) in [6.07, 6.45) is 1.38. The molecule has 1 N–H and O–H groups in total. The van der Waals surface area contributed by atoms with Gasteiger partial charge in [-0.25, -0.2) is 13.8 Å². The molecule has 0 fully saturated rings. The number of ether oxygens (including phenoxy) is 2. The molecular weight excluding hydrogens is 384 g/mol. The average Bonchev–Trinajstić information content (AvgIpc) is 3.15. The van der Waals surface area contributed by atoms with Crippen LogP contribution in [-0.4, -0.2) is 39.2 Å². The number of fused-ring (bicyclic) bond motifs is 1. The molecule has 2 aromatic heterocycles. The van der Waals surface area contributed by atoms with Gasteiger partial charge in [0.1, 0.15) is 29.7 Å². The van der Waals surface area contributed by atoms with E-state index in [1.807, 2.05) is 0 Å². The fourth-order valence-corrected chi connectivity index (χ4v) is 2.93. The second-order valence-corrected chi connectivity index (χ2v) is 6.16. The lowest BCUT2D eigenvalue weighted by Gasteiger charge is -2.09. The van der Waals surface area contributed by atoms with Gasteiger partial charge in [0, 0.05) is 17.7 Å². The van der Waals surface area contributed by atoms with Crippen LogP contribution in [0, 0.1) is 11.6 Å². The molecule has 0 saturated carbocycles. The van der Waals surface area contributed by atoms with E-state index in [0.717, 1.165) is 18.2 Å². The summed E-state index contributed by atoms with van der Waals surface area (Å²) >= 11 is 0. The molecule has 0 aliphatic heterocycles. The third kappa shape index (κ3) is 3.64. The van der Waals surface area contributed by atoms with Crippen LogP contribution in [-0.2, 0) is 6.54 Å². The van der Waals surface area contributed by atoms with Crippen molar-refractivity contribution in [3.63, 3.8) is 0 Å². The van der Waals surface area contributed by atoms with Gasteiger partial charge >= 0.3 is 0 Å². The van der Waals surface area contributed by atoms with E-state index in [-0.39, 0.29) is 23.4 Å². The number of methoxy groups -OCH3 is 2. The number of benzene rings is 2. The predicted octanol–water partition coefficient (Wildman–Crippen LogP) is 2.53. The summed E-state index contributed by atoms with van der Waals surface area (Å²) in [6, 6.07) is 6.25. The van der Waals surface area contributed by atoms with Gasteiger partial charge in [0.2, 0.25) is 0 Å². The van der Waals surface area contributed by atoms with E-state index in [4.69, 9.17) is 9.47 Å². The molecule has 4 aromatic rings. The van der Waals surface area contributed by atoms with Crippen LogP contribution in [0.1, 0.15) is 5.82 Å². The molecule has 4 rings (SSSR count). The molecule has 0 radical (unpaired) electrons. The lowest BCUT2D eigenvalue weighted by molar-refractivity contribution is 0.355. The molecule has 0 unspecified atom stereocenters. The van der Waals surface area contributed by atoms with Crippen LogP contribution in [0.15, 0.2) is 41.3 Å². The van der Waals surface area contributed by atoms with Gasteiger partial charge in [-0.05, 0) is 18.2 Å². The smallest absolute Gasteiger partial charge is 0.258 e. The van der Waals surface area contributed by atoms with E-state index in [2.05, 4.69) is 20.2 Å². The molecule has 0 spiro atoms. The molecule has 0 saturated heterocycles. The fourth-order valence-electron chi connectivity index (χ4n) is 2.93. The first-order valence-corrected chi connectivity index (χ1v) is 8.48. The van der Waals surface area contributed by atoms with Crippen molar-refractivity contribution in [3.8, 4) is 22.8 Å². The summed E-state index contributed by atoms with van der Waals surface area (Å²) < 4.78 is 37.3. The molecule has 10 heteroatoms. The number of nitrogens with one attached hydrogen (secondary N) is 1. The van der Waals surface area contributed by atoms with Crippen molar-refractivity contribution in [1.82, 2.24) is 25.0 Å². The lowest BCUT2D eigenvalue weighted by atomic mass is 10.1. The van der Waals surface area contributed by atoms with Gasteiger partial charge in [0.25, 0.3) is 5.56 Å². The van der Waals surface area contributed by atoms with E-state index in [9.17, 15) is 13.6 Å². The highest BCUT2D eigenvalue weighted by molar-refractivity contribution is 5.81. The third-order valence-corrected chi connectivity index (χ3v) is 4.25. The van der Waals surface area contributed by atoms with Crippen molar-refractivity contribution in [2.45, 2.75) is 6.54 Å². The van der Waals surface area contributed by atoms with Crippen LogP contribution in [0.4, 0.5) is 8.78 Å². The molecule has 0 atom stereocenters. The van der Waals surface area contributed by atoms with Gasteiger partial charge in [0.15, 0.2) is 11.5 Å². The Labute approximate surface area is 162 Å². The Morgan fingerprint density at radius 1 is 1.03 bits per heavy atom. The molecule has 148 valence electrons. The fraction of sp³-hybridized carbons (Fsp3) is 0.158. The Kier molecular flexibility index (Phi) is 4.67. The Bertz CT molecular complexity index is 1250. The van der Waals surface area contributed by atoms with Gasteiger partial charge in [-0.2, -0.15) is 15.0 Å². The maximum Gasteiger partial charge on any atom is 0.258 e. The number of H-pyrrole nitrogens is 1. The van der Waals surface area contributed by atoms with Gasteiger partial charge in [-0.15, -0.1) is 0 Å². The molecule has 0 aliphatic carbocycles. The first kappa shape index (κ1) is 18.5. The third-order valence-electron chi connectivity index (χ3n) is 4.25. The number of rotatable bonds is 5. The maximum absolute atomic E-state index is 13.4. The molecule has 0 bridgehead atoms. The van der Waals surface area contributed by atoms with Gasteiger partial charge in [0.05, 0.1) is 31.3 Å². The van der Waals surface area contributed by atoms with Crippen molar-refractivity contribution < 1.29 is 18.3 Å². The van der Waals surface area contributed by atoms with Crippen LogP contribution >= 0.6 is 0 Å². The second-order valence-electron chi connectivity index (χ2n) is 6.16. The lowest BCUT2D eigenvalue weighted by Crippen LogP contribution is -2.16. The maximum atomic E-state index is 13.4. The molecule has 8 nitrogen and oxygen atoms in total. The summed E-state index contributed by atoms with van der Waals surface area (Å²) in [4.78, 5) is 20.8. The zero-order valence-electron chi connectivity index (χ0n) is 15.4. The second kappa shape index (κ2) is 7.30. The van der Waals surface area contributed by atoms with E-state index in [1.54, 1.807) is 12.1 Å². The number of hydrogen-bond acceptors (Lipinski definition) is 6. The van der Waals surface area contributed by atoms with Crippen molar-refractivity contribution in [2.24, 2.45) is 0 Å². The summed E-state index contributed by atoms with van der Waals surface area (Å²) in [7, 11) is 2.97.